The fourth-order valence-corrected chi connectivity index (χ4v) is 1.82. The van der Waals surface area contributed by atoms with Crippen molar-refractivity contribution in [3.63, 3.8) is 0 Å². The summed E-state index contributed by atoms with van der Waals surface area (Å²) in [6.07, 6.45) is 2.66. The molecular formula is C14H24F2O4. The first-order valence-electron chi connectivity index (χ1n) is 7.04. The summed E-state index contributed by atoms with van der Waals surface area (Å²) < 4.78 is 31.5. The molecule has 1 atom stereocenters. The predicted molar refractivity (Wildman–Crippen MR) is 70.7 cm³/mol. The van der Waals surface area contributed by atoms with Crippen molar-refractivity contribution < 1.29 is 28.2 Å². The Bertz CT molecular complexity index is 316. The smallest absolute Gasteiger partial charge is 0.378 e. The fourth-order valence-electron chi connectivity index (χ4n) is 1.82. The number of carboxylic acids is 1. The molecule has 0 aromatic carbocycles. The van der Waals surface area contributed by atoms with E-state index in [9.17, 15) is 18.4 Å². The van der Waals surface area contributed by atoms with Gasteiger partial charge in [-0.05, 0) is 12.3 Å². The second-order valence-corrected chi connectivity index (χ2v) is 5.25. The lowest BCUT2D eigenvalue weighted by Crippen LogP contribution is -2.47. The Morgan fingerprint density at radius 3 is 2.15 bits per heavy atom. The van der Waals surface area contributed by atoms with E-state index >= 15 is 0 Å². The molecule has 0 bridgehead atoms. The Kier molecular flexibility index (Phi) is 8.34. The van der Waals surface area contributed by atoms with E-state index in [4.69, 9.17) is 5.11 Å². The number of carbonyl (C=O) groups excluding carboxylic acids is 1. The summed E-state index contributed by atoms with van der Waals surface area (Å²) in [5.74, 6) is -7.87. The third-order valence-electron chi connectivity index (χ3n) is 2.99. The van der Waals surface area contributed by atoms with Gasteiger partial charge in [-0.3, -0.25) is 4.79 Å². The van der Waals surface area contributed by atoms with Gasteiger partial charge in [-0.15, -0.1) is 0 Å². The number of alkyl halides is 2. The van der Waals surface area contributed by atoms with Crippen molar-refractivity contribution in [3.8, 4) is 0 Å². The predicted octanol–water partition coefficient (Wildman–Crippen LogP) is 3.63. The number of esters is 1. The molecule has 0 rings (SSSR count). The number of carboxylic acid groups (broad SMARTS) is 1. The number of hydrogen-bond acceptors (Lipinski definition) is 3. The molecule has 0 amide bonds. The van der Waals surface area contributed by atoms with Crippen LogP contribution >= 0.6 is 0 Å². The highest BCUT2D eigenvalue weighted by atomic mass is 19.3. The minimum absolute atomic E-state index is 0.0443. The van der Waals surface area contributed by atoms with Crippen LogP contribution in [-0.2, 0) is 14.3 Å². The van der Waals surface area contributed by atoms with Gasteiger partial charge >= 0.3 is 17.9 Å². The molecular weight excluding hydrogens is 270 g/mol. The van der Waals surface area contributed by atoms with Gasteiger partial charge < -0.3 is 9.84 Å². The summed E-state index contributed by atoms with van der Waals surface area (Å²) in [6.45, 7) is 4.86. The van der Waals surface area contributed by atoms with Crippen LogP contribution in [0.25, 0.3) is 0 Å². The van der Waals surface area contributed by atoms with E-state index in [1.807, 2.05) is 0 Å². The van der Waals surface area contributed by atoms with E-state index in [2.05, 4.69) is 11.7 Å². The van der Waals surface area contributed by atoms with Gasteiger partial charge in [-0.2, -0.15) is 8.78 Å². The quantitative estimate of drug-likeness (QED) is 0.493. The Morgan fingerprint density at radius 2 is 1.70 bits per heavy atom. The Labute approximate surface area is 118 Å². The molecule has 0 aromatic heterocycles. The maximum atomic E-state index is 13.4. The first kappa shape index (κ1) is 18.8. The van der Waals surface area contributed by atoms with Crippen molar-refractivity contribution in [2.24, 2.45) is 5.92 Å². The normalized spacial score (nSPS) is 13.3. The Morgan fingerprint density at radius 1 is 1.15 bits per heavy atom. The van der Waals surface area contributed by atoms with Crippen LogP contribution in [0.3, 0.4) is 0 Å². The molecule has 20 heavy (non-hydrogen) atoms. The molecule has 1 N–H and O–H groups in total. The number of hydrogen-bond donors (Lipinski definition) is 1. The van der Waals surface area contributed by atoms with Crippen molar-refractivity contribution in [3.05, 3.63) is 0 Å². The number of unbranched alkanes of at least 4 members (excludes halogenated alkanes) is 4. The Hall–Kier alpha value is -1.20. The van der Waals surface area contributed by atoms with Crippen LogP contribution in [0.1, 0.15) is 59.3 Å². The van der Waals surface area contributed by atoms with Crippen LogP contribution in [-0.4, -0.2) is 29.1 Å². The third-order valence-corrected chi connectivity index (χ3v) is 2.99. The zero-order valence-corrected chi connectivity index (χ0v) is 12.3. The number of rotatable bonds is 10. The van der Waals surface area contributed by atoms with Gasteiger partial charge in [0.1, 0.15) is 0 Å². The maximum absolute atomic E-state index is 13.4. The highest BCUT2D eigenvalue weighted by Gasteiger charge is 2.51. The molecule has 0 fully saturated rings. The van der Waals surface area contributed by atoms with Crippen LogP contribution in [0.5, 0.6) is 0 Å². The van der Waals surface area contributed by atoms with Gasteiger partial charge in [0, 0.05) is 6.42 Å². The van der Waals surface area contributed by atoms with Crippen LogP contribution in [0.15, 0.2) is 0 Å². The van der Waals surface area contributed by atoms with E-state index in [1.54, 1.807) is 0 Å². The minimum Gasteiger partial charge on any atom is -0.477 e. The highest BCUT2D eigenvalue weighted by molar-refractivity contribution is 5.77. The topological polar surface area (TPSA) is 63.6 Å². The van der Waals surface area contributed by atoms with Gasteiger partial charge in [0.25, 0.3) is 0 Å². The van der Waals surface area contributed by atoms with Crippen LogP contribution in [0.4, 0.5) is 8.78 Å². The maximum Gasteiger partial charge on any atom is 0.378 e. The van der Waals surface area contributed by atoms with Crippen molar-refractivity contribution >= 4 is 11.9 Å². The first-order valence-corrected chi connectivity index (χ1v) is 7.04. The molecule has 6 heteroatoms. The molecule has 0 saturated heterocycles. The van der Waals surface area contributed by atoms with Gasteiger partial charge in [-0.25, -0.2) is 4.79 Å². The molecule has 0 aliphatic rings. The number of halogens is 2. The third kappa shape index (κ3) is 6.30. The number of ether oxygens (including phenoxy) is 1. The average molecular weight is 294 g/mol. The zero-order valence-electron chi connectivity index (χ0n) is 12.3. The molecule has 0 heterocycles. The molecule has 4 nitrogen and oxygen atoms in total. The highest BCUT2D eigenvalue weighted by Crippen LogP contribution is 2.28. The summed E-state index contributed by atoms with van der Waals surface area (Å²) in [4.78, 5) is 22.1. The SMILES string of the molecule is CCCCCCCC(=O)OC(C(C)C)C(F)(F)C(=O)O. The number of carbonyl (C=O) groups is 2. The van der Waals surface area contributed by atoms with E-state index in [0.717, 1.165) is 25.7 Å². The zero-order chi connectivity index (χ0) is 15.8. The summed E-state index contributed by atoms with van der Waals surface area (Å²) in [7, 11) is 0. The molecule has 0 spiro atoms. The van der Waals surface area contributed by atoms with Gasteiger partial charge in [0.15, 0.2) is 6.10 Å². The van der Waals surface area contributed by atoms with Crippen LogP contribution < -0.4 is 0 Å². The molecule has 0 aromatic rings. The monoisotopic (exact) mass is 294 g/mol. The minimum atomic E-state index is -4.06. The standard InChI is InChI=1S/C14H24F2O4/c1-4-5-6-7-8-9-11(17)20-12(10(2)3)14(15,16)13(18)19/h10,12H,4-9H2,1-3H3,(H,18,19). The molecule has 1 unspecified atom stereocenters. The molecule has 0 radical (unpaired) electrons. The second kappa shape index (κ2) is 8.87. The Balaban J connectivity index is 4.33. The van der Waals surface area contributed by atoms with E-state index in [0.29, 0.717) is 6.42 Å². The lowest BCUT2D eigenvalue weighted by molar-refractivity contribution is -0.199. The second-order valence-electron chi connectivity index (χ2n) is 5.25. The van der Waals surface area contributed by atoms with E-state index in [-0.39, 0.29) is 6.42 Å². The summed E-state index contributed by atoms with van der Waals surface area (Å²) in [5.41, 5.74) is 0. The van der Waals surface area contributed by atoms with E-state index in [1.165, 1.54) is 13.8 Å². The fraction of sp³-hybridized carbons (Fsp3) is 0.857. The van der Waals surface area contributed by atoms with Crippen molar-refractivity contribution in [1.82, 2.24) is 0 Å². The largest absolute Gasteiger partial charge is 0.477 e. The molecule has 0 saturated carbocycles. The summed E-state index contributed by atoms with van der Waals surface area (Å²) in [5, 5.41) is 8.51. The van der Waals surface area contributed by atoms with E-state index < -0.39 is 29.9 Å². The van der Waals surface area contributed by atoms with Gasteiger partial charge in [0.05, 0.1) is 0 Å². The van der Waals surface area contributed by atoms with Crippen molar-refractivity contribution in [1.29, 1.82) is 0 Å². The first-order chi connectivity index (χ1) is 9.23. The molecule has 0 aliphatic carbocycles. The lowest BCUT2D eigenvalue weighted by atomic mass is 10.0. The van der Waals surface area contributed by atoms with Crippen LogP contribution in [0, 0.1) is 5.92 Å². The van der Waals surface area contributed by atoms with Crippen LogP contribution in [0.2, 0.25) is 0 Å². The lowest BCUT2D eigenvalue weighted by Gasteiger charge is -2.26. The van der Waals surface area contributed by atoms with Crippen molar-refractivity contribution in [2.75, 3.05) is 0 Å². The summed E-state index contributed by atoms with van der Waals surface area (Å²) in [6, 6.07) is 0. The summed E-state index contributed by atoms with van der Waals surface area (Å²) >= 11 is 0. The van der Waals surface area contributed by atoms with Gasteiger partial charge in [0.2, 0.25) is 0 Å². The molecule has 118 valence electrons. The van der Waals surface area contributed by atoms with Crippen molar-refractivity contribution in [2.45, 2.75) is 71.3 Å². The molecule has 0 aliphatic heterocycles. The number of aliphatic carboxylic acids is 1. The van der Waals surface area contributed by atoms with Gasteiger partial charge in [-0.1, -0.05) is 46.5 Å². The average Bonchev–Trinajstić information content (AvgIpc) is 2.34.